The Hall–Kier alpha value is -3.08. The molecule has 0 spiro atoms. The molecule has 5 nitrogen and oxygen atoms in total. The number of carboxylic acids is 1. The molecule has 0 unspecified atom stereocenters. The molecule has 0 fully saturated rings. The van der Waals surface area contributed by atoms with E-state index in [0.29, 0.717) is 5.56 Å². The first-order valence-electron chi connectivity index (χ1n) is 6.58. The fourth-order valence-electron chi connectivity index (χ4n) is 1.86. The Bertz CT molecular complexity index is 750. The highest BCUT2D eigenvalue weighted by molar-refractivity contribution is 6.06. The van der Waals surface area contributed by atoms with E-state index in [9.17, 15) is 14.7 Å². The number of aromatic hydroxyl groups is 1. The lowest BCUT2D eigenvalue weighted by Gasteiger charge is -2.05. The second-order valence-electron chi connectivity index (χ2n) is 4.72. The van der Waals surface area contributed by atoms with Gasteiger partial charge in [0.15, 0.2) is 0 Å². The summed E-state index contributed by atoms with van der Waals surface area (Å²) >= 11 is 0. The van der Waals surface area contributed by atoms with Crippen LogP contribution in [0.25, 0.3) is 6.08 Å². The number of rotatable bonds is 4. The zero-order valence-corrected chi connectivity index (χ0v) is 11.9. The van der Waals surface area contributed by atoms with Crippen molar-refractivity contribution in [1.29, 1.82) is 0 Å². The third-order valence-electron chi connectivity index (χ3n) is 3.08. The number of phenols is 1. The van der Waals surface area contributed by atoms with Gasteiger partial charge in [0.2, 0.25) is 5.91 Å². The zero-order valence-electron chi connectivity index (χ0n) is 11.9. The SMILES string of the molecule is Cc1ccc(/C=C/C(=O)Nc2ccccc2C(=O)O)cc1O. The van der Waals surface area contributed by atoms with Gasteiger partial charge >= 0.3 is 5.97 Å². The van der Waals surface area contributed by atoms with E-state index >= 15 is 0 Å². The molecule has 2 aromatic rings. The number of carbonyl (C=O) groups excluding carboxylic acids is 1. The van der Waals surface area contributed by atoms with Crippen molar-refractivity contribution < 1.29 is 19.8 Å². The first kappa shape index (κ1) is 15.3. The van der Waals surface area contributed by atoms with Gasteiger partial charge in [-0.1, -0.05) is 24.3 Å². The Balaban J connectivity index is 2.11. The fraction of sp³-hybridized carbons (Fsp3) is 0.0588. The number of aryl methyl sites for hydroxylation is 1. The molecule has 0 aromatic heterocycles. The van der Waals surface area contributed by atoms with Crippen LogP contribution >= 0.6 is 0 Å². The lowest BCUT2D eigenvalue weighted by Crippen LogP contribution is -2.11. The highest BCUT2D eigenvalue weighted by Crippen LogP contribution is 2.18. The number of anilines is 1. The van der Waals surface area contributed by atoms with Gasteiger partial charge in [-0.15, -0.1) is 0 Å². The summed E-state index contributed by atoms with van der Waals surface area (Å²) < 4.78 is 0. The third kappa shape index (κ3) is 3.73. The molecule has 5 heteroatoms. The van der Waals surface area contributed by atoms with Gasteiger partial charge in [-0.2, -0.15) is 0 Å². The van der Waals surface area contributed by atoms with Crippen molar-refractivity contribution in [2.45, 2.75) is 6.92 Å². The Morgan fingerprint density at radius 1 is 1.14 bits per heavy atom. The summed E-state index contributed by atoms with van der Waals surface area (Å²) in [7, 11) is 0. The first-order chi connectivity index (χ1) is 10.5. The summed E-state index contributed by atoms with van der Waals surface area (Å²) in [6, 6.07) is 11.2. The van der Waals surface area contributed by atoms with E-state index in [1.165, 1.54) is 24.3 Å². The van der Waals surface area contributed by atoms with E-state index in [4.69, 9.17) is 5.11 Å². The number of para-hydroxylation sites is 1. The maximum atomic E-state index is 11.9. The van der Waals surface area contributed by atoms with Crippen molar-refractivity contribution in [2.75, 3.05) is 5.32 Å². The second-order valence-corrected chi connectivity index (χ2v) is 4.72. The van der Waals surface area contributed by atoms with Crippen molar-refractivity contribution in [3.63, 3.8) is 0 Å². The number of benzene rings is 2. The van der Waals surface area contributed by atoms with Crippen LogP contribution in [0.1, 0.15) is 21.5 Å². The maximum Gasteiger partial charge on any atom is 0.337 e. The normalized spacial score (nSPS) is 10.6. The summed E-state index contributed by atoms with van der Waals surface area (Å²) in [6.45, 7) is 1.78. The monoisotopic (exact) mass is 297 g/mol. The molecule has 0 atom stereocenters. The van der Waals surface area contributed by atoms with Crippen molar-refractivity contribution >= 4 is 23.6 Å². The van der Waals surface area contributed by atoms with Crippen LogP contribution in [-0.4, -0.2) is 22.1 Å². The molecule has 2 aromatic carbocycles. The number of carbonyl (C=O) groups is 2. The number of hydrogen-bond acceptors (Lipinski definition) is 3. The third-order valence-corrected chi connectivity index (χ3v) is 3.08. The van der Waals surface area contributed by atoms with Gasteiger partial charge in [0.05, 0.1) is 11.3 Å². The lowest BCUT2D eigenvalue weighted by molar-refractivity contribution is -0.111. The largest absolute Gasteiger partial charge is 0.508 e. The average molecular weight is 297 g/mol. The molecule has 0 radical (unpaired) electrons. The Kier molecular flexibility index (Phi) is 4.58. The van der Waals surface area contributed by atoms with Crippen LogP contribution in [-0.2, 0) is 4.79 Å². The predicted molar refractivity (Wildman–Crippen MR) is 83.9 cm³/mol. The molecular weight excluding hydrogens is 282 g/mol. The van der Waals surface area contributed by atoms with Crippen molar-refractivity contribution in [3.8, 4) is 5.75 Å². The van der Waals surface area contributed by atoms with Crippen molar-refractivity contribution in [3.05, 3.63) is 65.2 Å². The summed E-state index contributed by atoms with van der Waals surface area (Å²) in [5, 5.41) is 21.2. The van der Waals surface area contributed by atoms with Gasteiger partial charge in [-0.25, -0.2) is 4.79 Å². The molecule has 112 valence electrons. The molecule has 0 heterocycles. The molecule has 0 aliphatic carbocycles. The Morgan fingerprint density at radius 2 is 1.86 bits per heavy atom. The summed E-state index contributed by atoms with van der Waals surface area (Å²) in [5.41, 5.74) is 1.68. The molecule has 2 rings (SSSR count). The topological polar surface area (TPSA) is 86.6 Å². The van der Waals surface area contributed by atoms with E-state index in [1.54, 1.807) is 37.3 Å². The molecule has 0 saturated carbocycles. The molecule has 0 bridgehead atoms. The number of amides is 1. The minimum absolute atomic E-state index is 0.0252. The van der Waals surface area contributed by atoms with E-state index in [-0.39, 0.29) is 17.0 Å². The Labute approximate surface area is 127 Å². The van der Waals surface area contributed by atoms with Crippen LogP contribution in [0.4, 0.5) is 5.69 Å². The molecule has 3 N–H and O–H groups in total. The van der Waals surface area contributed by atoms with Gasteiger partial charge in [0.1, 0.15) is 5.75 Å². The fourth-order valence-corrected chi connectivity index (χ4v) is 1.86. The molecule has 0 aliphatic heterocycles. The second kappa shape index (κ2) is 6.58. The number of carboxylic acid groups (broad SMARTS) is 1. The predicted octanol–water partition coefficient (Wildman–Crippen LogP) is 3.05. The van der Waals surface area contributed by atoms with Gasteiger partial charge < -0.3 is 15.5 Å². The molecule has 22 heavy (non-hydrogen) atoms. The highest BCUT2D eigenvalue weighted by Gasteiger charge is 2.10. The van der Waals surface area contributed by atoms with Crippen LogP contribution in [0, 0.1) is 6.92 Å². The minimum atomic E-state index is -1.11. The van der Waals surface area contributed by atoms with Gasteiger partial charge in [-0.05, 0) is 42.3 Å². The van der Waals surface area contributed by atoms with Gasteiger partial charge in [0, 0.05) is 6.08 Å². The van der Waals surface area contributed by atoms with Crippen LogP contribution in [0.5, 0.6) is 5.75 Å². The molecule has 0 saturated heterocycles. The highest BCUT2D eigenvalue weighted by atomic mass is 16.4. The molecule has 1 amide bonds. The smallest absolute Gasteiger partial charge is 0.337 e. The zero-order chi connectivity index (χ0) is 16.1. The number of phenolic OH excluding ortho intramolecular Hbond substituents is 1. The van der Waals surface area contributed by atoms with Crippen molar-refractivity contribution in [2.24, 2.45) is 0 Å². The standard InChI is InChI=1S/C17H15NO4/c1-11-6-7-12(10-15(11)19)8-9-16(20)18-14-5-3-2-4-13(14)17(21)22/h2-10,19H,1H3,(H,18,20)(H,21,22)/b9-8+. The minimum Gasteiger partial charge on any atom is -0.508 e. The molecule has 0 aliphatic rings. The summed E-state index contributed by atoms with van der Waals surface area (Å²) in [4.78, 5) is 22.9. The van der Waals surface area contributed by atoms with Crippen molar-refractivity contribution in [1.82, 2.24) is 0 Å². The maximum absolute atomic E-state index is 11.9. The van der Waals surface area contributed by atoms with Crippen LogP contribution < -0.4 is 5.32 Å². The van der Waals surface area contributed by atoms with E-state index in [2.05, 4.69) is 5.32 Å². The lowest BCUT2D eigenvalue weighted by atomic mass is 10.1. The van der Waals surface area contributed by atoms with Crippen LogP contribution in [0.3, 0.4) is 0 Å². The van der Waals surface area contributed by atoms with E-state index in [1.807, 2.05) is 0 Å². The van der Waals surface area contributed by atoms with Crippen LogP contribution in [0.2, 0.25) is 0 Å². The average Bonchev–Trinajstić information content (AvgIpc) is 2.49. The van der Waals surface area contributed by atoms with Crippen LogP contribution in [0.15, 0.2) is 48.5 Å². The van der Waals surface area contributed by atoms with Gasteiger partial charge in [0.25, 0.3) is 0 Å². The number of aromatic carboxylic acids is 1. The Morgan fingerprint density at radius 3 is 2.55 bits per heavy atom. The molecular formula is C17H15NO4. The summed E-state index contributed by atoms with van der Waals surface area (Å²) in [6.07, 6.45) is 2.82. The quantitative estimate of drug-likeness (QED) is 0.757. The number of hydrogen-bond donors (Lipinski definition) is 3. The van der Waals surface area contributed by atoms with E-state index in [0.717, 1.165) is 5.56 Å². The van der Waals surface area contributed by atoms with E-state index < -0.39 is 11.9 Å². The van der Waals surface area contributed by atoms with Gasteiger partial charge in [-0.3, -0.25) is 4.79 Å². The number of nitrogens with one attached hydrogen (secondary N) is 1. The summed E-state index contributed by atoms with van der Waals surface area (Å²) in [5.74, 6) is -1.41. The first-order valence-corrected chi connectivity index (χ1v) is 6.58.